The van der Waals surface area contributed by atoms with Crippen molar-refractivity contribution in [2.24, 2.45) is 7.05 Å². The molecule has 4 heterocycles. The van der Waals surface area contributed by atoms with Gasteiger partial charge in [0.25, 0.3) is 5.91 Å². The van der Waals surface area contributed by atoms with Crippen LogP contribution in [0.3, 0.4) is 0 Å². The third-order valence-corrected chi connectivity index (χ3v) is 6.75. The van der Waals surface area contributed by atoms with E-state index in [-0.39, 0.29) is 5.91 Å². The van der Waals surface area contributed by atoms with E-state index < -0.39 is 0 Å². The van der Waals surface area contributed by atoms with Gasteiger partial charge >= 0.3 is 0 Å². The number of ether oxygens (including phenoxy) is 3. The SMILES string of the molecule is CCc1nc2ccccc2n1-c1nc(N2CCOCC2)c2nc(C(=O)N(CCOC)CCOC)n(C)c2n1. The highest BCUT2D eigenvalue weighted by molar-refractivity contribution is 5.96. The highest BCUT2D eigenvalue weighted by Gasteiger charge is 2.28. The second-order valence-electron chi connectivity index (χ2n) is 9.10. The van der Waals surface area contributed by atoms with Crippen LogP contribution in [0.1, 0.15) is 23.4 Å². The van der Waals surface area contributed by atoms with Crippen molar-refractivity contribution in [2.45, 2.75) is 13.3 Å². The zero-order chi connectivity index (χ0) is 26.6. The van der Waals surface area contributed by atoms with Gasteiger partial charge in [0, 0.05) is 53.9 Å². The molecule has 202 valence electrons. The Kier molecular flexibility index (Phi) is 7.82. The number of hydrogen-bond acceptors (Lipinski definition) is 9. The summed E-state index contributed by atoms with van der Waals surface area (Å²) in [5.41, 5.74) is 2.98. The first-order chi connectivity index (χ1) is 18.6. The average molecular weight is 523 g/mol. The number of carbonyl (C=O) groups excluding carboxylic acids is 1. The minimum Gasteiger partial charge on any atom is -0.383 e. The van der Waals surface area contributed by atoms with Gasteiger partial charge in [0.1, 0.15) is 5.82 Å². The lowest BCUT2D eigenvalue weighted by Gasteiger charge is -2.28. The van der Waals surface area contributed by atoms with Gasteiger partial charge in [0.15, 0.2) is 17.0 Å². The molecule has 1 aliphatic heterocycles. The van der Waals surface area contributed by atoms with Crippen molar-refractivity contribution in [1.29, 1.82) is 0 Å². The number of amides is 1. The van der Waals surface area contributed by atoms with E-state index in [9.17, 15) is 4.79 Å². The fourth-order valence-electron chi connectivity index (χ4n) is 4.72. The summed E-state index contributed by atoms with van der Waals surface area (Å²) in [6.07, 6.45) is 0.714. The second-order valence-corrected chi connectivity index (χ2v) is 9.10. The molecule has 1 aliphatic rings. The lowest BCUT2D eigenvalue weighted by atomic mass is 10.3. The summed E-state index contributed by atoms with van der Waals surface area (Å²) < 4.78 is 19.8. The zero-order valence-corrected chi connectivity index (χ0v) is 22.4. The van der Waals surface area contributed by atoms with Crippen LogP contribution in [0.2, 0.25) is 0 Å². The summed E-state index contributed by atoms with van der Waals surface area (Å²) in [5, 5.41) is 0. The van der Waals surface area contributed by atoms with E-state index >= 15 is 0 Å². The van der Waals surface area contributed by atoms with Gasteiger partial charge in [-0.1, -0.05) is 19.1 Å². The lowest BCUT2D eigenvalue weighted by molar-refractivity contribution is 0.0613. The smallest absolute Gasteiger partial charge is 0.290 e. The maximum atomic E-state index is 13.7. The van der Waals surface area contributed by atoms with Gasteiger partial charge in [-0.25, -0.2) is 9.97 Å². The van der Waals surface area contributed by atoms with Gasteiger partial charge in [-0.3, -0.25) is 9.36 Å². The first-order valence-corrected chi connectivity index (χ1v) is 12.9. The number of imidazole rings is 2. The summed E-state index contributed by atoms with van der Waals surface area (Å²) in [6.45, 7) is 6.27. The summed E-state index contributed by atoms with van der Waals surface area (Å²) in [5.74, 6) is 2.13. The van der Waals surface area contributed by atoms with Crippen LogP contribution >= 0.6 is 0 Å². The van der Waals surface area contributed by atoms with Gasteiger partial charge in [0.2, 0.25) is 11.8 Å². The Balaban J connectivity index is 1.68. The summed E-state index contributed by atoms with van der Waals surface area (Å²) >= 11 is 0. The Morgan fingerprint density at radius 1 is 1.03 bits per heavy atom. The number of methoxy groups -OCH3 is 2. The van der Waals surface area contributed by atoms with Gasteiger partial charge in [-0.15, -0.1) is 0 Å². The molecule has 12 nitrogen and oxygen atoms in total. The molecule has 1 saturated heterocycles. The number of aryl methyl sites for hydroxylation is 2. The molecule has 1 amide bonds. The van der Waals surface area contributed by atoms with E-state index in [0.29, 0.717) is 87.8 Å². The Labute approximate surface area is 221 Å². The molecule has 0 saturated carbocycles. The summed E-state index contributed by atoms with van der Waals surface area (Å²) in [4.78, 5) is 37.1. The zero-order valence-electron chi connectivity index (χ0n) is 22.4. The number of nitrogens with zero attached hydrogens (tertiary/aromatic N) is 8. The maximum Gasteiger partial charge on any atom is 0.290 e. The number of rotatable bonds is 10. The number of carbonyl (C=O) groups is 1. The summed E-state index contributed by atoms with van der Waals surface area (Å²) in [6, 6.07) is 7.96. The number of benzene rings is 1. The van der Waals surface area contributed by atoms with Crippen LogP contribution < -0.4 is 4.90 Å². The minimum atomic E-state index is -0.212. The van der Waals surface area contributed by atoms with Crippen molar-refractivity contribution < 1.29 is 19.0 Å². The number of aromatic nitrogens is 6. The first-order valence-electron chi connectivity index (χ1n) is 12.9. The van der Waals surface area contributed by atoms with Gasteiger partial charge in [-0.2, -0.15) is 9.97 Å². The van der Waals surface area contributed by atoms with Crippen LogP contribution in [-0.2, 0) is 27.7 Å². The first kappa shape index (κ1) is 26.0. The number of anilines is 1. The highest BCUT2D eigenvalue weighted by atomic mass is 16.5. The van der Waals surface area contributed by atoms with E-state index in [1.54, 1.807) is 23.7 Å². The number of fused-ring (bicyclic) bond motifs is 2. The highest BCUT2D eigenvalue weighted by Crippen LogP contribution is 2.28. The standard InChI is InChI=1S/C26H34N8O4/c1-5-20-27-18-8-6-7-9-19(18)34(20)26-29-22-21(23(30-26)32-12-16-38-17-13-32)28-24(31(22)2)25(35)33(10-14-36-3)11-15-37-4/h6-9H,5,10-17H2,1-4H3. The maximum absolute atomic E-state index is 13.7. The van der Waals surface area contributed by atoms with Crippen molar-refractivity contribution >= 4 is 33.9 Å². The number of para-hydroxylation sites is 2. The van der Waals surface area contributed by atoms with Crippen LogP contribution in [0.4, 0.5) is 5.82 Å². The van der Waals surface area contributed by atoms with Crippen LogP contribution in [0.25, 0.3) is 28.1 Å². The van der Waals surface area contributed by atoms with Gasteiger partial charge in [-0.05, 0) is 12.1 Å². The predicted octanol–water partition coefficient (Wildman–Crippen LogP) is 1.84. The van der Waals surface area contributed by atoms with Crippen molar-refractivity contribution in [3.05, 3.63) is 35.9 Å². The molecular formula is C26H34N8O4. The second kappa shape index (κ2) is 11.4. The van der Waals surface area contributed by atoms with Crippen LogP contribution in [-0.4, -0.2) is 107 Å². The van der Waals surface area contributed by atoms with Crippen LogP contribution in [0.5, 0.6) is 0 Å². The van der Waals surface area contributed by atoms with Crippen molar-refractivity contribution in [3.8, 4) is 5.95 Å². The number of hydrogen-bond donors (Lipinski definition) is 0. The molecule has 12 heteroatoms. The Morgan fingerprint density at radius 2 is 1.74 bits per heavy atom. The lowest BCUT2D eigenvalue weighted by Crippen LogP contribution is -2.37. The van der Waals surface area contributed by atoms with Crippen LogP contribution in [0, 0.1) is 0 Å². The molecular weight excluding hydrogens is 488 g/mol. The molecule has 0 aliphatic carbocycles. The molecule has 38 heavy (non-hydrogen) atoms. The molecule has 4 aromatic rings. The normalized spacial score (nSPS) is 14.1. The Hall–Kier alpha value is -3.61. The minimum absolute atomic E-state index is 0.212. The molecule has 0 bridgehead atoms. The monoisotopic (exact) mass is 522 g/mol. The molecule has 0 atom stereocenters. The average Bonchev–Trinajstić information content (AvgIpc) is 3.50. The fraction of sp³-hybridized carbons (Fsp3) is 0.500. The number of morpholine rings is 1. The van der Waals surface area contributed by atoms with E-state index in [0.717, 1.165) is 16.9 Å². The molecule has 0 radical (unpaired) electrons. The van der Waals surface area contributed by atoms with Crippen LogP contribution in [0.15, 0.2) is 24.3 Å². The molecule has 1 aromatic carbocycles. The topological polar surface area (TPSA) is 113 Å². The Bertz CT molecular complexity index is 1420. The predicted molar refractivity (Wildman–Crippen MR) is 143 cm³/mol. The van der Waals surface area contributed by atoms with Crippen molar-refractivity contribution in [1.82, 2.24) is 34.0 Å². The van der Waals surface area contributed by atoms with E-state index in [1.165, 1.54) is 0 Å². The van der Waals surface area contributed by atoms with Gasteiger partial charge in [0.05, 0.1) is 37.5 Å². The van der Waals surface area contributed by atoms with Crippen molar-refractivity contribution in [3.63, 3.8) is 0 Å². The quantitative estimate of drug-likeness (QED) is 0.308. The van der Waals surface area contributed by atoms with Gasteiger partial charge < -0.3 is 28.6 Å². The third-order valence-electron chi connectivity index (χ3n) is 6.75. The largest absolute Gasteiger partial charge is 0.383 e. The molecule has 0 spiro atoms. The molecule has 0 unspecified atom stereocenters. The van der Waals surface area contributed by atoms with E-state index in [2.05, 4.69) is 11.8 Å². The molecule has 5 rings (SSSR count). The fourth-order valence-corrected chi connectivity index (χ4v) is 4.72. The molecule has 0 N–H and O–H groups in total. The van der Waals surface area contributed by atoms with E-state index in [1.807, 2.05) is 35.9 Å². The third kappa shape index (κ3) is 4.82. The molecule has 1 fully saturated rings. The Morgan fingerprint density at radius 3 is 2.42 bits per heavy atom. The van der Waals surface area contributed by atoms with Crippen molar-refractivity contribution in [2.75, 3.05) is 71.7 Å². The molecule has 3 aromatic heterocycles. The van der Waals surface area contributed by atoms with E-state index in [4.69, 9.17) is 34.1 Å². The summed E-state index contributed by atoms with van der Waals surface area (Å²) in [7, 11) is 5.05.